The lowest BCUT2D eigenvalue weighted by atomic mass is 10.0. The standard InChI is InChI=1S/C21H24N2O3S/c1-15(17-7-8-17)23(14-16-5-3-2-4-6-16)27(25,26)19-10-11-20-18(13-19)9-12-21(24)22-20/h2-6,10-11,13,15,17H,7-9,12,14H2,1H3,(H,22,24)/t15-/m0/s1. The summed E-state index contributed by atoms with van der Waals surface area (Å²) in [6.45, 7) is 2.38. The van der Waals surface area contributed by atoms with Crippen molar-refractivity contribution < 1.29 is 13.2 Å². The molecule has 0 saturated heterocycles. The Balaban J connectivity index is 1.68. The van der Waals surface area contributed by atoms with Gasteiger partial charge in [-0.2, -0.15) is 4.31 Å². The summed E-state index contributed by atoms with van der Waals surface area (Å²) in [5.41, 5.74) is 2.59. The minimum absolute atomic E-state index is 0.0221. The van der Waals surface area contributed by atoms with Gasteiger partial charge in [0.25, 0.3) is 0 Å². The highest BCUT2D eigenvalue weighted by molar-refractivity contribution is 7.89. The van der Waals surface area contributed by atoms with Crippen LogP contribution in [0.4, 0.5) is 5.69 Å². The van der Waals surface area contributed by atoms with E-state index in [4.69, 9.17) is 0 Å². The second-order valence-electron chi connectivity index (χ2n) is 7.48. The Hall–Kier alpha value is -2.18. The molecule has 0 radical (unpaired) electrons. The number of sulfonamides is 1. The Kier molecular flexibility index (Phi) is 4.78. The number of benzene rings is 2. The van der Waals surface area contributed by atoms with E-state index in [-0.39, 0.29) is 11.9 Å². The fourth-order valence-corrected chi connectivity index (χ4v) is 5.41. The minimum Gasteiger partial charge on any atom is -0.326 e. The van der Waals surface area contributed by atoms with Gasteiger partial charge in [-0.1, -0.05) is 30.3 Å². The van der Waals surface area contributed by atoms with E-state index < -0.39 is 10.0 Å². The summed E-state index contributed by atoms with van der Waals surface area (Å²) in [5, 5.41) is 2.81. The topological polar surface area (TPSA) is 66.5 Å². The second kappa shape index (κ2) is 7.09. The third-order valence-corrected chi connectivity index (χ3v) is 7.45. The average molecular weight is 385 g/mol. The molecule has 1 aliphatic heterocycles. The summed E-state index contributed by atoms with van der Waals surface area (Å²) in [7, 11) is -3.63. The Morgan fingerprint density at radius 2 is 1.85 bits per heavy atom. The third-order valence-electron chi connectivity index (χ3n) is 5.52. The van der Waals surface area contributed by atoms with Crippen LogP contribution in [0.25, 0.3) is 0 Å². The van der Waals surface area contributed by atoms with Crippen molar-refractivity contribution in [1.29, 1.82) is 0 Å². The fraction of sp³-hybridized carbons (Fsp3) is 0.381. The quantitative estimate of drug-likeness (QED) is 0.828. The summed E-state index contributed by atoms with van der Waals surface area (Å²) in [5.74, 6) is 0.409. The number of aryl methyl sites for hydroxylation is 1. The predicted octanol–water partition coefficient (Wildman–Crippen LogP) is 3.56. The summed E-state index contributed by atoms with van der Waals surface area (Å²) < 4.78 is 28.6. The first-order chi connectivity index (χ1) is 12.9. The van der Waals surface area contributed by atoms with Crippen molar-refractivity contribution in [3.63, 3.8) is 0 Å². The molecule has 1 saturated carbocycles. The molecule has 1 atom stereocenters. The Labute approximate surface area is 160 Å². The molecule has 1 aliphatic carbocycles. The van der Waals surface area contributed by atoms with Gasteiger partial charge in [0.05, 0.1) is 4.90 Å². The van der Waals surface area contributed by atoms with Gasteiger partial charge in [0.15, 0.2) is 0 Å². The molecule has 1 heterocycles. The SMILES string of the molecule is C[C@@H](C1CC1)N(Cc1ccccc1)S(=O)(=O)c1ccc2c(c1)CCC(=O)N2. The van der Waals surface area contributed by atoms with Crippen LogP contribution in [0.3, 0.4) is 0 Å². The van der Waals surface area contributed by atoms with Gasteiger partial charge in [-0.25, -0.2) is 8.42 Å². The van der Waals surface area contributed by atoms with Crippen molar-refractivity contribution in [1.82, 2.24) is 4.31 Å². The molecule has 0 spiro atoms. The summed E-state index contributed by atoms with van der Waals surface area (Å²) >= 11 is 0. The number of hydrogen-bond donors (Lipinski definition) is 1. The van der Waals surface area contributed by atoms with Crippen molar-refractivity contribution in [2.24, 2.45) is 5.92 Å². The molecule has 4 rings (SSSR count). The van der Waals surface area contributed by atoms with E-state index >= 15 is 0 Å². The zero-order chi connectivity index (χ0) is 19.0. The lowest BCUT2D eigenvalue weighted by Crippen LogP contribution is -2.39. The van der Waals surface area contributed by atoms with Gasteiger partial charge in [-0.05, 0) is 61.4 Å². The minimum atomic E-state index is -3.63. The highest BCUT2D eigenvalue weighted by Crippen LogP contribution is 2.38. The van der Waals surface area contributed by atoms with E-state index in [9.17, 15) is 13.2 Å². The molecular formula is C21H24N2O3S. The van der Waals surface area contributed by atoms with Crippen molar-refractivity contribution in [2.45, 2.75) is 50.1 Å². The van der Waals surface area contributed by atoms with Crippen LogP contribution in [0.15, 0.2) is 53.4 Å². The molecule has 0 aromatic heterocycles. The normalized spacial score (nSPS) is 18.1. The van der Waals surface area contributed by atoms with Gasteiger partial charge in [-0.15, -0.1) is 0 Å². The first kappa shape index (κ1) is 18.2. The van der Waals surface area contributed by atoms with Crippen LogP contribution in [0.2, 0.25) is 0 Å². The van der Waals surface area contributed by atoms with Crippen LogP contribution < -0.4 is 5.32 Å². The summed E-state index contributed by atoms with van der Waals surface area (Å²) in [6, 6.07) is 14.7. The van der Waals surface area contributed by atoms with Gasteiger partial charge in [0.2, 0.25) is 15.9 Å². The fourth-order valence-electron chi connectivity index (χ4n) is 3.68. The average Bonchev–Trinajstić information content (AvgIpc) is 3.51. The van der Waals surface area contributed by atoms with E-state index in [0.717, 1.165) is 29.7 Å². The van der Waals surface area contributed by atoms with Gasteiger partial charge < -0.3 is 5.32 Å². The maximum atomic E-state index is 13.5. The van der Waals surface area contributed by atoms with E-state index in [2.05, 4.69) is 5.32 Å². The number of amides is 1. The zero-order valence-corrected chi connectivity index (χ0v) is 16.2. The van der Waals surface area contributed by atoms with Crippen molar-refractivity contribution in [3.8, 4) is 0 Å². The first-order valence-electron chi connectivity index (χ1n) is 9.44. The van der Waals surface area contributed by atoms with Crippen LogP contribution in [0, 0.1) is 5.92 Å². The van der Waals surface area contributed by atoms with Gasteiger partial charge >= 0.3 is 0 Å². The molecule has 0 bridgehead atoms. The number of rotatable bonds is 6. The maximum Gasteiger partial charge on any atom is 0.243 e. The number of anilines is 1. The molecule has 2 aromatic rings. The molecular weight excluding hydrogens is 360 g/mol. The van der Waals surface area contributed by atoms with E-state index in [1.807, 2.05) is 37.3 Å². The van der Waals surface area contributed by atoms with E-state index in [0.29, 0.717) is 30.2 Å². The lowest BCUT2D eigenvalue weighted by Gasteiger charge is -2.29. The van der Waals surface area contributed by atoms with E-state index in [1.54, 1.807) is 22.5 Å². The number of fused-ring (bicyclic) bond motifs is 1. The maximum absolute atomic E-state index is 13.5. The number of nitrogens with one attached hydrogen (secondary N) is 1. The van der Waals surface area contributed by atoms with Crippen LogP contribution in [-0.2, 0) is 27.8 Å². The van der Waals surface area contributed by atoms with Crippen LogP contribution >= 0.6 is 0 Å². The van der Waals surface area contributed by atoms with E-state index in [1.165, 1.54) is 0 Å². The molecule has 27 heavy (non-hydrogen) atoms. The van der Waals surface area contributed by atoms with Crippen molar-refractivity contribution in [3.05, 3.63) is 59.7 Å². The summed E-state index contributed by atoms with van der Waals surface area (Å²) in [4.78, 5) is 11.9. The summed E-state index contributed by atoms with van der Waals surface area (Å²) in [6.07, 6.45) is 3.13. The molecule has 5 nitrogen and oxygen atoms in total. The van der Waals surface area contributed by atoms with Crippen molar-refractivity contribution >= 4 is 21.6 Å². The Bertz CT molecular complexity index is 953. The van der Waals surface area contributed by atoms with Crippen LogP contribution in [0.5, 0.6) is 0 Å². The molecule has 2 aliphatic rings. The molecule has 0 unspecified atom stereocenters. The Morgan fingerprint density at radius 3 is 2.56 bits per heavy atom. The van der Waals surface area contributed by atoms with Gasteiger partial charge in [0, 0.05) is 24.7 Å². The first-order valence-corrected chi connectivity index (χ1v) is 10.9. The highest BCUT2D eigenvalue weighted by Gasteiger charge is 2.38. The number of nitrogens with zero attached hydrogens (tertiary/aromatic N) is 1. The van der Waals surface area contributed by atoms with Crippen LogP contribution in [0.1, 0.15) is 37.3 Å². The number of hydrogen-bond acceptors (Lipinski definition) is 3. The zero-order valence-electron chi connectivity index (χ0n) is 15.4. The van der Waals surface area contributed by atoms with Crippen LogP contribution in [-0.4, -0.2) is 24.7 Å². The molecule has 1 N–H and O–H groups in total. The van der Waals surface area contributed by atoms with Crippen molar-refractivity contribution in [2.75, 3.05) is 5.32 Å². The third kappa shape index (κ3) is 3.77. The van der Waals surface area contributed by atoms with Gasteiger partial charge in [0.1, 0.15) is 0 Å². The molecule has 1 amide bonds. The smallest absolute Gasteiger partial charge is 0.243 e. The number of carbonyl (C=O) groups excluding carboxylic acids is 1. The monoisotopic (exact) mass is 384 g/mol. The number of carbonyl (C=O) groups is 1. The molecule has 142 valence electrons. The lowest BCUT2D eigenvalue weighted by molar-refractivity contribution is -0.116. The molecule has 6 heteroatoms. The molecule has 1 fully saturated rings. The molecule has 2 aromatic carbocycles. The second-order valence-corrected chi connectivity index (χ2v) is 9.37. The predicted molar refractivity (Wildman–Crippen MR) is 105 cm³/mol. The highest BCUT2D eigenvalue weighted by atomic mass is 32.2. The Morgan fingerprint density at radius 1 is 1.11 bits per heavy atom. The van der Waals surface area contributed by atoms with Gasteiger partial charge in [-0.3, -0.25) is 4.79 Å². The largest absolute Gasteiger partial charge is 0.326 e.